The highest BCUT2D eigenvalue weighted by molar-refractivity contribution is 6.31. The van der Waals surface area contributed by atoms with Gasteiger partial charge in [-0.2, -0.15) is 4.57 Å². The van der Waals surface area contributed by atoms with Gasteiger partial charge in [0.05, 0.1) is 10.9 Å². The minimum atomic E-state index is -0.561. The van der Waals surface area contributed by atoms with E-state index in [2.05, 4.69) is 4.98 Å². The number of aromatic nitrogens is 2. The Hall–Kier alpha value is -2.27. The van der Waals surface area contributed by atoms with Gasteiger partial charge < -0.3 is 9.40 Å². The number of H-pyrrole nitrogens is 1. The zero-order valence-electron chi connectivity index (χ0n) is 9.94. The van der Waals surface area contributed by atoms with E-state index in [-0.39, 0.29) is 5.88 Å². The van der Waals surface area contributed by atoms with Gasteiger partial charge in [0.2, 0.25) is 5.88 Å². The summed E-state index contributed by atoms with van der Waals surface area (Å²) in [5.74, 6) is 0.818. The molecule has 0 amide bonds. The van der Waals surface area contributed by atoms with Crippen molar-refractivity contribution in [2.24, 2.45) is 0 Å². The summed E-state index contributed by atoms with van der Waals surface area (Å²) >= 11 is 5.83. The molecule has 1 N–H and O–H groups in total. The third-order valence-corrected chi connectivity index (χ3v) is 3.04. The van der Waals surface area contributed by atoms with Crippen LogP contribution in [0.5, 0.6) is 0 Å². The summed E-state index contributed by atoms with van der Waals surface area (Å²) in [4.78, 5) is 26.9. The highest BCUT2D eigenvalue weighted by atomic mass is 35.5. The maximum Gasteiger partial charge on any atom is 0.335 e. The SMILES string of the molecule is Cc1ccc(-n2c(=O)[nH]c3cc(Cl)ccc3c2=O)o1. The van der Waals surface area contributed by atoms with Crippen molar-refractivity contribution in [3.05, 3.63) is 62.0 Å². The van der Waals surface area contributed by atoms with E-state index in [9.17, 15) is 9.59 Å². The van der Waals surface area contributed by atoms with E-state index >= 15 is 0 Å². The van der Waals surface area contributed by atoms with Gasteiger partial charge in [-0.1, -0.05) is 11.6 Å². The number of hydrogen-bond donors (Lipinski definition) is 1. The average Bonchev–Trinajstić information content (AvgIpc) is 2.75. The molecule has 5 nitrogen and oxygen atoms in total. The van der Waals surface area contributed by atoms with Gasteiger partial charge in [-0.25, -0.2) is 4.79 Å². The Kier molecular flexibility index (Phi) is 2.57. The first-order valence-electron chi connectivity index (χ1n) is 5.58. The van der Waals surface area contributed by atoms with Gasteiger partial charge in [-0.15, -0.1) is 0 Å². The van der Waals surface area contributed by atoms with Crippen LogP contribution in [0.15, 0.2) is 44.3 Å². The Bertz CT molecular complexity index is 889. The lowest BCUT2D eigenvalue weighted by atomic mass is 10.2. The molecule has 0 saturated heterocycles. The molecule has 0 unspecified atom stereocenters. The minimum Gasteiger partial charge on any atom is -0.445 e. The molecule has 0 saturated carbocycles. The predicted molar refractivity (Wildman–Crippen MR) is 72.2 cm³/mol. The molecule has 0 bridgehead atoms. The number of nitrogens with one attached hydrogen (secondary N) is 1. The molecule has 0 fully saturated rings. The fourth-order valence-corrected chi connectivity index (χ4v) is 2.10. The molecular formula is C13H9ClN2O3. The fourth-order valence-electron chi connectivity index (χ4n) is 1.93. The van der Waals surface area contributed by atoms with E-state index in [0.717, 1.165) is 4.57 Å². The van der Waals surface area contributed by atoms with E-state index in [1.165, 1.54) is 6.07 Å². The second-order valence-electron chi connectivity index (χ2n) is 4.14. The van der Waals surface area contributed by atoms with Crippen molar-refractivity contribution in [2.75, 3.05) is 0 Å². The van der Waals surface area contributed by atoms with Crippen LogP contribution in [0.4, 0.5) is 0 Å². The molecule has 0 aliphatic carbocycles. The van der Waals surface area contributed by atoms with Crippen molar-refractivity contribution in [1.29, 1.82) is 0 Å². The molecule has 0 atom stereocenters. The molecule has 2 heterocycles. The third-order valence-electron chi connectivity index (χ3n) is 2.81. The van der Waals surface area contributed by atoms with Crippen LogP contribution in [0, 0.1) is 6.92 Å². The zero-order chi connectivity index (χ0) is 13.6. The van der Waals surface area contributed by atoms with Gasteiger partial charge in [0, 0.05) is 11.1 Å². The van der Waals surface area contributed by atoms with Gasteiger partial charge in [-0.05, 0) is 31.2 Å². The van der Waals surface area contributed by atoms with E-state index < -0.39 is 11.2 Å². The van der Waals surface area contributed by atoms with Gasteiger partial charge in [0.25, 0.3) is 5.56 Å². The molecule has 0 aliphatic rings. The molecule has 2 aromatic heterocycles. The van der Waals surface area contributed by atoms with Crippen molar-refractivity contribution in [2.45, 2.75) is 6.92 Å². The summed E-state index contributed by atoms with van der Waals surface area (Å²) in [6, 6.07) is 7.97. The molecule has 6 heteroatoms. The second kappa shape index (κ2) is 4.13. The maximum atomic E-state index is 12.3. The van der Waals surface area contributed by atoms with Gasteiger partial charge in [-0.3, -0.25) is 4.79 Å². The number of furan rings is 1. The molecule has 0 spiro atoms. The summed E-state index contributed by atoms with van der Waals surface area (Å²) in [5, 5.41) is 0.826. The maximum absolute atomic E-state index is 12.3. The van der Waals surface area contributed by atoms with Crippen molar-refractivity contribution in [3.8, 4) is 5.88 Å². The minimum absolute atomic E-state index is 0.195. The number of aromatic amines is 1. The van der Waals surface area contributed by atoms with Crippen molar-refractivity contribution >= 4 is 22.5 Å². The summed E-state index contributed by atoms with van der Waals surface area (Å²) < 4.78 is 6.28. The number of aryl methyl sites for hydroxylation is 1. The predicted octanol–water partition coefficient (Wildman–Crippen LogP) is 2.23. The Balaban J connectivity index is 2.41. The normalized spacial score (nSPS) is 11.1. The molecule has 96 valence electrons. The van der Waals surface area contributed by atoms with Crippen LogP contribution >= 0.6 is 11.6 Å². The number of rotatable bonds is 1. The van der Waals surface area contributed by atoms with Crippen LogP contribution in [0.2, 0.25) is 5.02 Å². The van der Waals surface area contributed by atoms with Gasteiger partial charge in [0.15, 0.2) is 0 Å². The first-order chi connectivity index (χ1) is 9.06. The van der Waals surface area contributed by atoms with E-state index in [0.29, 0.717) is 21.7 Å². The molecule has 0 radical (unpaired) electrons. The van der Waals surface area contributed by atoms with E-state index in [4.69, 9.17) is 16.0 Å². The monoisotopic (exact) mass is 276 g/mol. The van der Waals surface area contributed by atoms with Crippen molar-refractivity contribution in [3.63, 3.8) is 0 Å². The van der Waals surface area contributed by atoms with Crippen LogP contribution in [0.1, 0.15) is 5.76 Å². The van der Waals surface area contributed by atoms with Crippen LogP contribution in [-0.2, 0) is 0 Å². The zero-order valence-corrected chi connectivity index (χ0v) is 10.7. The quantitative estimate of drug-likeness (QED) is 0.741. The number of halogens is 1. The summed E-state index contributed by atoms with van der Waals surface area (Å²) in [6.45, 7) is 1.74. The number of fused-ring (bicyclic) bond motifs is 1. The van der Waals surface area contributed by atoms with Crippen LogP contribution in [0.25, 0.3) is 16.8 Å². The summed E-state index contributed by atoms with van der Waals surface area (Å²) in [6.07, 6.45) is 0. The van der Waals surface area contributed by atoms with E-state index in [1.807, 2.05) is 0 Å². The highest BCUT2D eigenvalue weighted by Gasteiger charge is 2.12. The van der Waals surface area contributed by atoms with Crippen molar-refractivity contribution in [1.82, 2.24) is 9.55 Å². The van der Waals surface area contributed by atoms with Crippen LogP contribution in [0.3, 0.4) is 0 Å². The summed E-state index contributed by atoms with van der Waals surface area (Å²) in [7, 11) is 0. The highest BCUT2D eigenvalue weighted by Crippen LogP contribution is 2.14. The first-order valence-corrected chi connectivity index (χ1v) is 5.95. The Morgan fingerprint density at radius 1 is 1.21 bits per heavy atom. The third kappa shape index (κ3) is 1.88. The lowest BCUT2D eigenvalue weighted by molar-refractivity contribution is 0.501. The molecule has 1 aromatic carbocycles. The molecule has 19 heavy (non-hydrogen) atoms. The van der Waals surface area contributed by atoms with Gasteiger partial charge in [0.1, 0.15) is 5.76 Å². The van der Waals surface area contributed by atoms with Gasteiger partial charge >= 0.3 is 5.69 Å². The fraction of sp³-hybridized carbons (Fsp3) is 0.0769. The average molecular weight is 277 g/mol. The topological polar surface area (TPSA) is 68.0 Å². The van der Waals surface area contributed by atoms with E-state index in [1.54, 1.807) is 31.2 Å². The lowest BCUT2D eigenvalue weighted by Gasteiger charge is -2.03. The molecule has 3 aromatic rings. The second-order valence-corrected chi connectivity index (χ2v) is 4.58. The smallest absolute Gasteiger partial charge is 0.335 e. The van der Waals surface area contributed by atoms with Crippen LogP contribution < -0.4 is 11.2 Å². The number of hydrogen-bond acceptors (Lipinski definition) is 3. The molecule has 3 rings (SSSR count). The van der Waals surface area contributed by atoms with Crippen molar-refractivity contribution < 1.29 is 4.42 Å². The number of benzene rings is 1. The first kappa shape index (κ1) is 11.8. The molecule has 0 aliphatic heterocycles. The molecular weight excluding hydrogens is 268 g/mol. The Morgan fingerprint density at radius 3 is 2.68 bits per heavy atom. The Morgan fingerprint density at radius 2 is 2.00 bits per heavy atom. The number of nitrogens with zero attached hydrogens (tertiary/aromatic N) is 1. The largest absolute Gasteiger partial charge is 0.445 e. The standard InChI is InChI=1S/C13H9ClN2O3/c1-7-2-5-11(19-7)16-12(17)9-4-3-8(14)6-10(9)15-13(16)18/h2-6H,1H3,(H,15,18). The van der Waals surface area contributed by atoms with Crippen LogP contribution in [-0.4, -0.2) is 9.55 Å². The Labute approximate surface area is 112 Å². The summed E-state index contributed by atoms with van der Waals surface area (Å²) in [5.41, 5.74) is -0.596. The lowest BCUT2D eigenvalue weighted by Crippen LogP contribution is -2.33.